The predicted octanol–water partition coefficient (Wildman–Crippen LogP) is 4.42. The molecule has 0 aliphatic heterocycles. The topological polar surface area (TPSA) is 9.23 Å². The average Bonchev–Trinajstić information content (AvgIpc) is 2.35. The van der Waals surface area contributed by atoms with Crippen LogP contribution in [0.4, 0.5) is 0 Å². The number of ether oxygens (including phenoxy) is 1. The van der Waals surface area contributed by atoms with Crippen LogP contribution in [0.5, 0.6) is 5.75 Å². The van der Waals surface area contributed by atoms with Crippen molar-refractivity contribution in [2.75, 3.05) is 12.4 Å². The van der Waals surface area contributed by atoms with Crippen LogP contribution >= 0.6 is 12.6 Å². The van der Waals surface area contributed by atoms with Crippen LogP contribution in [0.15, 0.2) is 18.2 Å². The van der Waals surface area contributed by atoms with Crippen LogP contribution in [0, 0.1) is 19.3 Å². The van der Waals surface area contributed by atoms with Crippen molar-refractivity contribution in [3.63, 3.8) is 0 Å². The molecule has 0 bridgehead atoms. The highest BCUT2D eigenvalue weighted by atomic mass is 32.1. The fourth-order valence-corrected chi connectivity index (χ4v) is 2.36. The summed E-state index contributed by atoms with van der Waals surface area (Å²) in [7, 11) is 0. The number of thiol groups is 1. The molecule has 0 fully saturated rings. The third kappa shape index (κ3) is 3.67. The summed E-state index contributed by atoms with van der Waals surface area (Å²) < 4.78 is 6.01. The van der Waals surface area contributed by atoms with Crippen molar-refractivity contribution in [1.29, 1.82) is 0 Å². The molecule has 17 heavy (non-hydrogen) atoms. The van der Waals surface area contributed by atoms with E-state index in [0.717, 1.165) is 31.0 Å². The standard InChI is InChI=1S/C15H24OS/c1-5-15(6-2,11-17)10-16-14-9-12(3)7-8-13(14)4/h7-9,17H,5-6,10-11H2,1-4H3. The third-order valence-corrected chi connectivity index (χ3v) is 4.38. The molecule has 0 aromatic heterocycles. The van der Waals surface area contributed by atoms with Crippen LogP contribution < -0.4 is 4.74 Å². The van der Waals surface area contributed by atoms with Crippen LogP contribution in [-0.4, -0.2) is 12.4 Å². The lowest BCUT2D eigenvalue weighted by Gasteiger charge is -2.30. The molecular formula is C15H24OS. The Bertz CT molecular complexity index is 348. The van der Waals surface area contributed by atoms with Gasteiger partial charge in [-0.15, -0.1) is 0 Å². The first kappa shape index (κ1) is 14.4. The molecule has 0 saturated carbocycles. The second-order valence-electron chi connectivity index (χ2n) is 4.92. The third-order valence-electron chi connectivity index (χ3n) is 3.71. The van der Waals surface area contributed by atoms with Gasteiger partial charge >= 0.3 is 0 Å². The molecule has 0 unspecified atom stereocenters. The van der Waals surface area contributed by atoms with Gasteiger partial charge in [-0.05, 0) is 49.6 Å². The molecule has 0 N–H and O–H groups in total. The first-order valence-electron chi connectivity index (χ1n) is 6.38. The highest BCUT2D eigenvalue weighted by Crippen LogP contribution is 2.30. The smallest absolute Gasteiger partial charge is 0.122 e. The van der Waals surface area contributed by atoms with Crippen LogP contribution in [0.2, 0.25) is 0 Å². The maximum atomic E-state index is 6.01. The Hall–Kier alpha value is -0.630. The lowest BCUT2D eigenvalue weighted by Crippen LogP contribution is -2.29. The molecule has 1 rings (SSSR count). The van der Waals surface area contributed by atoms with Gasteiger partial charge in [0.15, 0.2) is 0 Å². The number of hydrogen-bond donors (Lipinski definition) is 1. The molecule has 0 amide bonds. The monoisotopic (exact) mass is 252 g/mol. The summed E-state index contributed by atoms with van der Waals surface area (Å²) in [5, 5.41) is 0. The lowest BCUT2D eigenvalue weighted by molar-refractivity contribution is 0.156. The van der Waals surface area contributed by atoms with Gasteiger partial charge < -0.3 is 4.74 Å². The summed E-state index contributed by atoms with van der Waals surface area (Å²) in [6.07, 6.45) is 2.22. The zero-order valence-corrected chi connectivity index (χ0v) is 12.3. The van der Waals surface area contributed by atoms with Crippen molar-refractivity contribution in [2.24, 2.45) is 5.41 Å². The van der Waals surface area contributed by atoms with Crippen LogP contribution in [-0.2, 0) is 0 Å². The lowest BCUT2D eigenvalue weighted by atomic mass is 9.85. The van der Waals surface area contributed by atoms with Gasteiger partial charge in [0.1, 0.15) is 5.75 Å². The summed E-state index contributed by atoms with van der Waals surface area (Å²) in [5.41, 5.74) is 2.66. The van der Waals surface area contributed by atoms with E-state index in [-0.39, 0.29) is 5.41 Å². The van der Waals surface area contributed by atoms with E-state index in [1.54, 1.807) is 0 Å². The second-order valence-corrected chi connectivity index (χ2v) is 5.24. The molecule has 0 aliphatic rings. The van der Waals surface area contributed by atoms with Gasteiger partial charge in [-0.25, -0.2) is 0 Å². The zero-order valence-electron chi connectivity index (χ0n) is 11.4. The Morgan fingerprint density at radius 1 is 1.18 bits per heavy atom. The number of aryl methyl sites for hydroxylation is 2. The first-order valence-corrected chi connectivity index (χ1v) is 7.01. The quantitative estimate of drug-likeness (QED) is 0.737. The molecule has 0 aliphatic carbocycles. The van der Waals surface area contributed by atoms with Gasteiger partial charge in [0.05, 0.1) is 6.61 Å². The number of hydrogen-bond acceptors (Lipinski definition) is 2. The van der Waals surface area contributed by atoms with Crippen LogP contribution in [0.1, 0.15) is 37.8 Å². The maximum absolute atomic E-state index is 6.01. The van der Waals surface area contributed by atoms with E-state index in [0.29, 0.717) is 0 Å². The molecule has 96 valence electrons. The summed E-state index contributed by atoms with van der Waals surface area (Å²) in [6.45, 7) is 9.37. The van der Waals surface area contributed by atoms with Crippen molar-refractivity contribution < 1.29 is 4.74 Å². The van der Waals surface area contributed by atoms with Crippen molar-refractivity contribution in [3.05, 3.63) is 29.3 Å². The minimum absolute atomic E-state index is 0.208. The van der Waals surface area contributed by atoms with Crippen molar-refractivity contribution >= 4 is 12.6 Å². The summed E-state index contributed by atoms with van der Waals surface area (Å²) >= 11 is 4.47. The van der Waals surface area contributed by atoms with Gasteiger partial charge in [-0.3, -0.25) is 0 Å². The van der Waals surface area contributed by atoms with Crippen molar-refractivity contribution in [2.45, 2.75) is 40.5 Å². The van der Waals surface area contributed by atoms with Crippen molar-refractivity contribution in [3.8, 4) is 5.75 Å². The minimum Gasteiger partial charge on any atom is -0.493 e. The Morgan fingerprint density at radius 3 is 2.35 bits per heavy atom. The molecule has 1 nitrogen and oxygen atoms in total. The predicted molar refractivity (Wildman–Crippen MR) is 78.3 cm³/mol. The summed E-state index contributed by atoms with van der Waals surface area (Å²) in [6, 6.07) is 6.35. The van der Waals surface area contributed by atoms with Gasteiger partial charge in [-0.1, -0.05) is 26.0 Å². The van der Waals surface area contributed by atoms with E-state index in [1.165, 1.54) is 11.1 Å². The molecule has 0 spiro atoms. The van der Waals surface area contributed by atoms with Gasteiger partial charge in [-0.2, -0.15) is 12.6 Å². The van der Waals surface area contributed by atoms with Crippen LogP contribution in [0.3, 0.4) is 0 Å². The minimum atomic E-state index is 0.208. The van der Waals surface area contributed by atoms with E-state index in [2.05, 4.69) is 58.5 Å². The molecule has 0 saturated heterocycles. The Labute approximate surface area is 111 Å². The van der Waals surface area contributed by atoms with E-state index in [1.807, 2.05) is 0 Å². The first-order chi connectivity index (χ1) is 8.06. The Kier molecular flexibility index (Phi) is 5.38. The van der Waals surface area contributed by atoms with Crippen LogP contribution in [0.25, 0.3) is 0 Å². The number of benzene rings is 1. The molecular weight excluding hydrogens is 228 g/mol. The van der Waals surface area contributed by atoms with Crippen molar-refractivity contribution in [1.82, 2.24) is 0 Å². The summed E-state index contributed by atoms with van der Waals surface area (Å²) in [4.78, 5) is 0. The molecule has 0 radical (unpaired) electrons. The molecule has 0 heterocycles. The molecule has 0 atom stereocenters. The summed E-state index contributed by atoms with van der Waals surface area (Å²) in [5.74, 6) is 1.89. The maximum Gasteiger partial charge on any atom is 0.122 e. The molecule has 1 aromatic carbocycles. The molecule has 2 heteroatoms. The van der Waals surface area contributed by atoms with Gasteiger partial charge in [0, 0.05) is 5.41 Å². The van der Waals surface area contributed by atoms with E-state index < -0.39 is 0 Å². The fourth-order valence-electron chi connectivity index (χ4n) is 1.82. The highest BCUT2D eigenvalue weighted by Gasteiger charge is 2.25. The van der Waals surface area contributed by atoms with E-state index >= 15 is 0 Å². The normalized spacial score (nSPS) is 11.6. The average molecular weight is 252 g/mol. The SMILES string of the molecule is CCC(CC)(CS)COc1cc(C)ccc1C. The Balaban J connectivity index is 2.75. The largest absolute Gasteiger partial charge is 0.493 e. The molecule has 1 aromatic rings. The van der Waals surface area contributed by atoms with Gasteiger partial charge in [0.25, 0.3) is 0 Å². The van der Waals surface area contributed by atoms with E-state index in [4.69, 9.17) is 4.74 Å². The van der Waals surface area contributed by atoms with Gasteiger partial charge in [0.2, 0.25) is 0 Å². The Morgan fingerprint density at radius 2 is 1.82 bits per heavy atom. The second kappa shape index (κ2) is 6.34. The number of rotatable bonds is 6. The van der Waals surface area contributed by atoms with E-state index in [9.17, 15) is 0 Å². The fraction of sp³-hybridized carbons (Fsp3) is 0.600. The zero-order chi connectivity index (χ0) is 12.9. The highest BCUT2D eigenvalue weighted by molar-refractivity contribution is 7.80.